The Balaban J connectivity index is 1.81. The number of hydrogen-bond acceptors (Lipinski definition) is 3. The summed E-state index contributed by atoms with van der Waals surface area (Å²) in [5.74, 6) is -1.11. The Morgan fingerprint density at radius 3 is 2.61 bits per heavy atom. The van der Waals surface area contributed by atoms with Gasteiger partial charge in [-0.25, -0.2) is 9.82 Å². The van der Waals surface area contributed by atoms with Gasteiger partial charge in [0.05, 0.1) is 11.8 Å². The molecule has 0 saturated carbocycles. The van der Waals surface area contributed by atoms with E-state index in [1.165, 1.54) is 18.3 Å². The van der Waals surface area contributed by atoms with Crippen LogP contribution in [0.5, 0.6) is 5.75 Å². The molecule has 3 rings (SSSR count). The quantitative estimate of drug-likeness (QED) is 0.575. The Morgan fingerprint density at radius 1 is 1.04 bits per heavy atom. The number of amides is 1. The Kier molecular flexibility index (Phi) is 4.01. The Hall–Kier alpha value is -3.21. The second-order valence-corrected chi connectivity index (χ2v) is 4.90. The third-order valence-corrected chi connectivity index (χ3v) is 3.42. The SMILES string of the molecule is O=C(N/N=C\c1ccccc1F)c1ccc2ccccc2c1O. The van der Waals surface area contributed by atoms with Crippen molar-refractivity contribution >= 4 is 22.9 Å². The summed E-state index contributed by atoms with van der Waals surface area (Å²) >= 11 is 0. The maximum absolute atomic E-state index is 13.4. The molecule has 0 fully saturated rings. The maximum Gasteiger partial charge on any atom is 0.275 e. The fraction of sp³-hybridized carbons (Fsp3) is 0. The summed E-state index contributed by atoms with van der Waals surface area (Å²) in [4.78, 5) is 12.1. The zero-order valence-electron chi connectivity index (χ0n) is 12.0. The molecule has 0 atom stereocenters. The zero-order valence-corrected chi connectivity index (χ0v) is 12.0. The van der Waals surface area contributed by atoms with Crippen molar-refractivity contribution in [3.05, 3.63) is 77.6 Å². The Bertz CT molecular complexity index is 906. The number of phenolic OH excluding ortho intramolecular Hbond substituents is 1. The summed E-state index contributed by atoms with van der Waals surface area (Å²) in [5, 5.41) is 15.3. The van der Waals surface area contributed by atoms with Gasteiger partial charge in [-0.1, -0.05) is 48.5 Å². The molecule has 2 N–H and O–H groups in total. The van der Waals surface area contributed by atoms with Crippen LogP contribution < -0.4 is 5.43 Å². The molecule has 0 aliphatic carbocycles. The highest BCUT2D eigenvalue weighted by Crippen LogP contribution is 2.28. The highest BCUT2D eigenvalue weighted by atomic mass is 19.1. The van der Waals surface area contributed by atoms with E-state index in [4.69, 9.17) is 0 Å². The van der Waals surface area contributed by atoms with Crippen molar-refractivity contribution in [1.29, 1.82) is 0 Å². The molecule has 0 aliphatic heterocycles. The molecule has 0 saturated heterocycles. The van der Waals surface area contributed by atoms with E-state index in [9.17, 15) is 14.3 Å². The maximum atomic E-state index is 13.4. The van der Waals surface area contributed by atoms with Crippen LogP contribution in [0.4, 0.5) is 4.39 Å². The normalized spacial score (nSPS) is 11.0. The third kappa shape index (κ3) is 3.03. The van der Waals surface area contributed by atoms with Crippen LogP contribution in [-0.4, -0.2) is 17.2 Å². The lowest BCUT2D eigenvalue weighted by Crippen LogP contribution is -2.17. The van der Waals surface area contributed by atoms with Crippen molar-refractivity contribution in [2.45, 2.75) is 0 Å². The number of carbonyl (C=O) groups is 1. The molecule has 5 heteroatoms. The van der Waals surface area contributed by atoms with Gasteiger partial charge in [-0.15, -0.1) is 0 Å². The predicted octanol–water partition coefficient (Wildman–Crippen LogP) is 3.45. The minimum Gasteiger partial charge on any atom is -0.506 e. The van der Waals surface area contributed by atoms with Crippen LogP contribution in [0.25, 0.3) is 10.8 Å². The largest absolute Gasteiger partial charge is 0.506 e. The molecule has 0 bridgehead atoms. The molecular weight excluding hydrogens is 295 g/mol. The van der Waals surface area contributed by atoms with E-state index in [0.717, 1.165) is 5.39 Å². The lowest BCUT2D eigenvalue weighted by Gasteiger charge is -2.06. The van der Waals surface area contributed by atoms with Gasteiger partial charge < -0.3 is 5.11 Å². The molecule has 114 valence electrons. The number of aromatic hydroxyl groups is 1. The second-order valence-electron chi connectivity index (χ2n) is 4.90. The summed E-state index contributed by atoms with van der Waals surface area (Å²) in [5.41, 5.74) is 2.65. The van der Waals surface area contributed by atoms with E-state index in [0.29, 0.717) is 5.39 Å². The number of phenols is 1. The van der Waals surface area contributed by atoms with Crippen LogP contribution in [0.3, 0.4) is 0 Å². The smallest absolute Gasteiger partial charge is 0.275 e. The van der Waals surface area contributed by atoms with Crippen LogP contribution >= 0.6 is 0 Å². The molecule has 23 heavy (non-hydrogen) atoms. The predicted molar refractivity (Wildman–Crippen MR) is 87.1 cm³/mol. The van der Waals surface area contributed by atoms with Gasteiger partial charge in [0.1, 0.15) is 11.6 Å². The standard InChI is InChI=1S/C18H13FN2O2/c19-16-8-4-2-6-13(16)11-20-21-18(23)15-10-9-12-5-1-3-7-14(12)17(15)22/h1-11,22H,(H,21,23)/b20-11-. The average molecular weight is 308 g/mol. The number of halogens is 1. The fourth-order valence-corrected chi connectivity index (χ4v) is 2.24. The van der Waals surface area contributed by atoms with Gasteiger partial charge in [-0.05, 0) is 17.5 Å². The van der Waals surface area contributed by atoms with Crippen LogP contribution in [0.15, 0.2) is 65.8 Å². The molecule has 0 aliphatic rings. The van der Waals surface area contributed by atoms with Gasteiger partial charge in [0.2, 0.25) is 0 Å². The molecule has 4 nitrogen and oxygen atoms in total. The Morgan fingerprint density at radius 2 is 1.78 bits per heavy atom. The molecular formula is C18H13FN2O2. The number of hydrogen-bond donors (Lipinski definition) is 2. The van der Waals surface area contributed by atoms with Gasteiger partial charge in [0.25, 0.3) is 5.91 Å². The van der Waals surface area contributed by atoms with Crippen molar-refractivity contribution in [2.24, 2.45) is 5.10 Å². The van der Waals surface area contributed by atoms with Crippen molar-refractivity contribution in [3.8, 4) is 5.75 Å². The topological polar surface area (TPSA) is 61.7 Å². The number of nitrogens with one attached hydrogen (secondary N) is 1. The summed E-state index contributed by atoms with van der Waals surface area (Å²) < 4.78 is 13.4. The first-order valence-corrected chi connectivity index (χ1v) is 6.95. The van der Waals surface area contributed by atoms with Crippen LogP contribution in [0.2, 0.25) is 0 Å². The minimum absolute atomic E-state index is 0.106. The van der Waals surface area contributed by atoms with Crippen LogP contribution in [0.1, 0.15) is 15.9 Å². The van der Waals surface area contributed by atoms with Crippen molar-refractivity contribution < 1.29 is 14.3 Å². The minimum atomic E-state index is -0.569. The number of hydrazone groups is 1. The summed E-state index contributed by atoms with van der Waals surface area (Å²) in [6.07, 6.45) is 1.21. The van der Waals surface area contributed by atoms with Crippen molar-refractivity contribution in [1.82, 2.24) is 5.43 Å². The molecule has 0 unspecified atom stereocenters. The summed E-state index contributed by atoms with van der Waals surface area (Å²) in [7, 11) is 0. The summed E-state index contributed by atoms with van der Waals surface area (Å²) in [6.45, 7) is 0. The number of carbonyl (C=O) groups excluding carboxylic acids is 1. The van der Waals surface area contributed by atoms with Crippen molar-refractivity contribution in [2.75, 3.05) is 0 Å². The summed E-state index contributed by atoms with van der Waals surface area (Å²) in [6, 6.07) is 16.5. The van der Waals surface area contributed by atoms with E-state index in [2.05, 4.69) is 10.5 Å². The van der Waals surface area contributed by atoms with Crippen LogP contribution in [0, 0.1) is 5.82 Å². The van der Waals surface area contributed by atoms with E-state index in [1.807, 2.05) is 12.1 Å². The van der Waals surface area contributed by atoms with E-state index >= 15 is 0 Å². The van der Waals surface area contributed by atoms with Gasteiger partial charge in [0.15, 0.2) is 0 Å². The first kappa shape index (κ1) is 14.7. The van der Waals surface area contributed by atoms with Gasteiger partial charge in [-0.3, -0.25) is 4.79 Å². The first-order chi connectivity index (χ1) is 11.2. The van der Waals surface area contributed by atoms with E-state index in [-0.39, 0.29) is 16.9 Å². The molecule has 0 spiro atoms. The van der Waals surface area contributed by atoms with Crippen LogP contribution in [-0.2, 0) is 0 Å². The van der Waals surface area contributed by atoms with Gasteiger partial charge in [0, 0.05) is 10.9 Å². The molecule has 1 amide bonds. The monoisotopic (exact) mass is 308 g/mol. The first-order valence-electron chi connectivity index (χ1n) is 6.95. The number of benzene rings is 3. The molecule has 0 heterocycles. The van der Waals surface area contributed by atoms with E-state index < -0.39 is 11.7 Å². The average Bonchev–Trinajstić information content (AvgIpc) is 2.57. The van der Waals surface area contributed by atoms with Crippen molar-refractivity contribution in [3.63, 3.8) is 0 Å². The lowest BCUT2D eigenvalue weighted by molar-refractivity contribution is 0.0952. The number of fused-ring (bicyclic) bond motifs is 1. The zero-order chi connectivity index (χ0) is 16.2. The highest BCUT2D eigenvalue weighted by Gasteiger charge is 2.12. The molecule has 3 aromatic carbocycles. The second kappa shape index (κ2) is 6.27. The Labute approximate surface area is 131 Å². The van der Waals surface area contributed by atoms with E-state index in [1.54, 1.807) is 36.4 Å². The number of rotatable bonds is 3. The highest BCUT2D eigenvalue weighted by molar-refractivity contribution is 6.03. The molecule has 3 aromatic rings. The number of nitrogens with zero attached hydrogens (tertiary/aromatic N) is 1. The van der Waals surface area contributed by atoms with Gasteiger partial charge >= 0.3 is 0 Å². The lowest BCUT2D eigenvalue weighted by atomic mass is 10.1. The molecule has 0 aromatic heterocycles. The fourth-order valence-electron chi connectivity index (χ4n) is 2.24. The van der Waals surface area contributed by atoms with Gasteiger partial charge in [-0.2, -0.15) is 5.10 Å². The third-order valence-electron chi connectivity index (χ3n) is 3.42. The molecule has 0 radical (unpaired) electrons.